The highest BCUT2D eigenvalue weighted by Crippen LogP contribution is 2.02. The summed E-state index contributed by atoms with van der Waals surface area (Å²) in [7, 11) is 0. The van der Waals surface area contributed by atoms with Crippen LogP contribution in [0.2, 0.25) is 0 Å². The van der Waals surface area contributed by atoms with Crippen LogP contribution in [0.5, 0.6) is 0 Å². The van der Waals surface area contributed by atoms with E-state index in [1.165, 1.54) is 0 Å². The van der Waals surface area contributed by atoms with Crippen molar-refractivity contribution in [3.05, 3.63) is 0 Å². The molecule has 1 N–H and O–H groups in total. The van der Waals surface area contributed by atoms with Crippen LogP contribution in [0.25, 0.3) is 0 Å². The first-order valence-corrected chi connectivity index (χ1v) is 3.96. The molecule has 0 saturated carbocycles. The Morgan fingerprint density at radius 2 is 1.50 bits per heavy atom. The molecule has 0 aromatic carbocycles. The fourth-order valence-electron chi connectivity index (χ4n) is 1.23. The van der Waals surface area contributed by atoms with E-state index in [2.05, 4.69) is 32.6 Å². The molecule has 62 valence electrons. The molecule has 2 nitrogen and oxygen atoms in total. The lowest BCUT2D eigenvalue weighted by Crippen LogP contribution is -2.38. The summed E-state index contributed by atoms with van der Waals surface area (Å²) in [6.45, 7) is 9.64. The van der Waals surface area contributed by atoms with Crippen molar-refractivity contribution in [1.29, 1.82) is 0 Å². The van der Waals surface area contributed by atoms with E-state index in [4.69, 9.17) is 5.11 Å². The van der Waals surface area contributed by atoms with Crippen molar-refractivity contribution >= 4 is 0 Å². The van der Waals surface area contributed by atoms with Gasteiger partial charge in [-0.2, -0.15) is 0 Å². The highest BCUT2D eigenvalue weighted by molar-refractivity contribution is 4.65. The quantitative estimate of drug-likeness (QED) is 0.608. The lowest BCUT2D eigenvalue weighted by Gasteiger charge is -2.29. The van der Waals surface area contributed by atoms with E-state index >= 15 is 0 Å². The van der Waals surface area contributed by atoms with E-state index in [9.17, 15) is 0 Å². The standard InChI is InChI=1S/C8H19NO/c1-7(2)9(5-6-10)8(3)4/h7-8,10H,5-6H2,1-4H3/i1+1,2+1,3+1,4+1,7+1,8+1. The van der Waals surface area contributed by atoms with E-state index in [1.807, 2.05) is 0 Å². The van der Waals surface area contributed by atoms with Crippen molar-refractivity contribution in [3.63, 3.8) is 0 Å². The van der Waals surface area contributed by atoms with Crippen LogP contribution in [0.1, 0.15) is 27.7 Å². The molecule has 0 amide bonds. The maximum absolute atomic E-state index is 8.69. The van der Waals surface area contributed by atoms with E-state index < -0.39 is 0 Å². The number of rotatable bonds is 4. The molecule has 0 aliphatic carbocycles. The number of nitrogens with zero attached hydrogens (tertiary/aromatic N) is 1. The highest BCUT2D eigenvalue weighted by atomic mass is 16.3. The molecular weight excluding hydrogens is 132 g/mol. The SMILES string of the molecule is [13CH3][13CH]([13CH3])N(CCO)[13CH]([13CH3])[13CH3]. The van der Waals surface area contributed by atoms with Crippen LogP contribution in [0.3, 0.4) is 0 Å². The summed E-state index contributed by atoms with van der Waals surface area (Å²) in [6.07, 6.45) is 0. The summed E-state index contributed by atoms with van der Waals surface area (Å²) in [5, 5.41) is 8.69. The van der Waals surface area contributed by atoms with Crippen molar-refractivity contribution in [2.24, 2.45) is 0 Å². The van der Waals surface area contributed by atoms with Crippen molar-refractivity contribution in [3.8, 4) is 0 Å². The highest BCUT2D eigenvalue weighted by Gasteiger charge is 2.11. The van der Waals surface area contributed by atoms with Gasteiger partial charge in [-0.1, -0.05) is 0 Å². The molecule has 0 rings (SSSR count). The van der Waals surface area contributed by atoms with Crippen LogP contribution < -0.4 is 0 Å². The van der Waals surface area contributed by atoms with E-state index in [0.29, 0.717) is 12.1 Å². The molecule has 0 aromatic heterocycles. The summed E-state index contributed by atoms with van der Waals surface area (Å²) >= 11 is 0. The third-order valence-corrected chi connectivity index (χ3v) is 1.68. The second-order valence-corrected chi connectivity index (χ2v) is 3.15. The molecule has 0 aromatic rings. The fraction of sp³-hybridized carbons (Fsp3) is 1.00. The van der Waals surface area contributed by atoms with Gasteiger partial charge in [0.25, 0.3) is 0 Å². The monoisotopic (exact) mass is 151 g/mol. The van der Waals surface area contributed by atoms with E-state index in [1.54, 1.807) is 0 Å². The van der Waals surface area contributed by atoms with Crippen LogP contribution in [-0.4, -0.2) is 35.2 Å². The van der Waals surface area contributed by atoms with Crippen LogP contribution in [0.4, 0.5) is 0 Å². The van der Waals surface area contributed by atoms with Gasteiger partial charge in [0.15, 0.2) is 0 Å². The zero-order chi connectivity index (χ0) is 8.15. The predicted molar refractivity (Wildman–Crippen MR) is 44.1 cm³/mol. The molecule has 0 heterocycles. The van der Waals surface area contributed by atoms with Gasteiger partial charge >= 0.3 is 0 Å². The van der Waals surface area contributed by atoms with Crippen molar-refractivity contribution in [2.75, 3.05) is 13.2 Å². The summed E-state index contributed by atoms with van der Waals surface area (Å²) < 4.78 is 0. The molecule has 2 heteroatoms. The topological polar surface area (TPSA) is 23.5 Å². The van der Waals surface area contributed by atoms with Crippen molar-refractivity contribution < 1.29 is 5.11 Å². The number of aliphatic hydroxyl groups excluding tert-OH is 1. The smallest absolute Gasteiger partial charge is 0.0558 e. The summed E-state index contributed by atoms with van der Waals surface area (Å²) in [4.78, 5) is 2.26. The van der Waals surface area contributed by atoms with Gasteiger partial charge < -0.3 is 5.11 Å². The first kappa shape index (κ1) is 9.92. The third-order valence-electron chi connectivity index (χ3n) is 1.68. The fourth-order valence-corrected chi connectivity index (χ4v) is 1.23. The molecule has 0 aliphatic heterocycles. The second kappa shape index (κ2) is 4.69. The molecule has 0 atom stereocenters. The molecule has 0 saturated heterocycles. The van der Waals surface area contributed by atoms with E-state index in [0.717, 1.165) is 6.54 Å². The second-order valence-electron chi connectivity index (χ2n) is 3.15. The molecule has 0 radical (unpaired) electrons. The Kier molecular flexibility index (Phi) is 4.65. The lowest BCUT2D eigenvalue weighted by molar-refractivity contribution is 0.134. The average molecular weight is 151 g/mol. The Morgan fingerprint density at radius 1 is 1.10 bits per heavy atom. The van der Waals surface area contributed by atoms with Gasteiger partial charge in [0.05, 0.1) is 6.61 Å². The number of hydrogen-bond acceptors (Lipinski definition) is 2. The number of hydrogen-bond donors (Lipinski definition) is 1. The molecule has 0 fully saturated rings. The van der Waals surface area contributed by atoms with Crippen LogP contribution in [0, 0.1) is 0 Å². The Balaban J connectivity index is 3.73. The van der Waals surface area contributed by atoms with Gasteiger partial charge in [-0.25, -0.2) is 0 Å². The molecule has 0 aliphatic rings. The normalized spacial score (nSPS) is 12.0. The predicted octanol–water partition coefficient (Wildman–Crippen LogP) is 1.10. The molecule has 0 unspecified atom stereocenters. The minimum atomic E-state index is 0.260. The summed E-state index contributed by atoms with van der Waals surface area (Å²) in [6, 6.07) is 1.07. The van der Waals surface area contributed by atoms with Gasteiger partial charge in [-0.05, 0) is 27.7 Å². The Labute approximate surface area is 63.8 Å². The van der Waals surface area contributed by atoms with Gasteiger partial charge in [-0.15, -0.1) is 0 Å². The van der Waals surface area contributed by atoms with Crippen molar-refractivity contribution in [2.45, 2.75) is 39.8 Å². The lowest BCUT2D eigenvalue weighted by atomic mass is 10.7. The largest absolute Gasteiger partial charge is 0.395 e. The average Bonchev–Trinajstić information content (AvgIpc) is 1.81. The molecular formula is C8H19NO. The first-order valence-electron chi connectivity index (χ1n) is 3.96. The van der Waals surface area contributed by atoms with Gasteiger partial charge in [0.1, 0.15) is 0 Å². The maximum atomic E-state index is 8.69. The molecule has 10 heavy (non-hydrogen) atoms. The van der Waals surface area contributed by atoms with Gasteiger partial charge in [0, 0.05) is 18.6 Å². The van der Waals surface area contributed by atoms with Crippen molar-refractivity contribution in [1.82, 2.24) is 4.90 Å². The zero-order valence-electron chi connectivity index (χ0n) is 7.46. The van der Waals surface area contributed by atoms with Gasteiger partial charge in [0.2, 0.25) is 0 Å². The Hall–Kier alpha value is -0.0800. The molecule has 0 bridgehead atoms. The third kappa shape index (κ3) is 3.18. The zero-order valence-corrected chi connectivity index (χ0v) is 7.46. The van der Waals surface area contributed by atoms with Crippen LogP contribution in [-0.2, 0) is 0 Å². The van der Waals surface area contributed by atoms with Crippen LogP contribution in [0.15, 0.2) is 0 Å². The minimum Gasteiger partial charge on any atom is -0.395 e. The summed E-state index contributed by atoms with van der Waals surface area (Å²) in [5.74, 6) is 0. The Morgan fingerprint density at radius 3 is 1.60 bits per heavy atom. The Bertz CT molecular complexity index is 73.3. The first-order chi connectivity index (χ1) is 4.59. The number of aliphatic hydroxyl groups is 1. The summed E-state index contributed by atoms with van der Waals surface area (Å²) in [5.41, 5.74) is 0. The van der Waals surface area contributed by atoms with E-state index in [-0.39, 0.29) is 6.61 Å². The van der Waals surface area contributed by atoms with Crippen LogP contribution >= 0.6 is 0 Å². The van der Waals surface area contributed by atoms with Gasteiger partial charge in [-0.3, -0.25) is 4.90 Å². The maximum Gasteiger partial charge on any atom is 0.0558 e. The molecule has 0 spiro atoms. The minimum absolute atomic E-state index is 0.260.